The molecule has 0 aromatic rings. The normalized spacial score (nSPS) is 33.8. The zero-order valence-electron chi connectivity index (χ0n) is 7.90. The molecule has 1 aliphatic rings. The van der Waals surface area contributed by atoms with Crippen LogP contribution in [0.4, 0.5) is 0 Å². The van der Waals surface area contributed by atoms with Gasteiger partial charge in [0.1, 0.15) is 6.10 Å². The van der Waals surface area contributed by atoms with Crippen molar-refractivity contribution in [3.63, 3.8) is 0 Å². The van der Waals surface area contributed by atoms with E-state index in [-0.39, 0.29) is 6.10 Å². The quantitative estimate of drug-likeness (QED) is 0.519. The molecule has 3 atom stereocenters. The smallest absolute Gasteiger partial charge is 0.330 e. The van der Waals surface area contributed by atoms with Gasteiger partial charge in [0.2, 0.25) is 0 Å². The summed E-state index contributed by atoms with van der Waals surface area (Å²) in [7, 11) is 0. The van der Waals surface area contributed by atoms with Gasteiger partial charge in [0.15, 0.2) is 0 Å². The Kier molecular flexibility index (Phi) is 3.48. The summed E-state index contributed by atoms with van der Waals surface area (Å²) in [6.45, 7) is 5.41. The predicted octanol–water partition coefficient (Wildman–Crippen LogP) is 1.27. The van der Waals surface area contributed by atoms with Gasteiger partial charge in [0.25, 0.3) is 0 Å². The average molecular weight is 184 g/mol. The first-order chi connectivity index (χ1) is 6.13. The van der Waals surface area contributed by atoms with Gasteiger partial charge in [-0.3, -0.25) is 0 Å². The van der Waals surface area contributed by atoms with Crippen LogP contribution in [0.3, 0.4) is 0 Å². The van der Waals surface area contributed by atoms with Gasteiger partial charge in [-0.15, -0.1) is 0 Å². The first-order valence-corrected chi connectivity index (χ1v) is 4.64. The summed E-state index contributed by atoms with van der Waals surface area (Å²) in [5, 5.41) is 9.52. The van der Waals surface area contributed by atoms with Gasteiger partial charge in [-0.05, 0) is 25.2 Å². The van der Waals surface area contributed by atoms with Crippen LogP contribution in [0.2, 0.25) is 0 Å². The number of carbonyl (C=O) groups is 1. The van der Waals surface area contributed by atoms with Crippen molar-refractivity contribution in [2.24, 2.45) is 5.92 Å². The van der Waals surface area contributed by atoms with Crippen LogP contribution < -0.4 is 0 Å². The molecule has 3 nitrogen and oxygen atoms in total. The van der Waals surface area contributed by atoms with E-state index in [0.717, 1.165) is 25.3 Å². The van der Waals surface area contributed by atoms with Crippen molar-refractivity contribution >= 4 is 5.97 Å². The fourth-order valence-electron chi connectivity index (χ4n) is 1.64. The maximum absolute atomic E-state index is 10.9. The van der Waals surface area contributed by atoms with Crippen molar-refractivity contribution in [3.05, 3.63) is 12.7 Å². The molecule has 1 N–H and O–H groups in total. The number of esters is 1. The maximum Gasteiger partial charge on any atom is 0.330 e. The Hall–Kier alpha value is -0.830. The van der Waals surface area contributed by atoms with Crippen LogP contribution in [0.5, 0.6) is 0 Å². The highest BCUT2D eigenvalue weighted by Gasteiger charge is 2.29. The molecule has 0 bridgehead atoms. The minimum absolute atomic E-state index is 0.339. The molecule has 1 aliphatic carbocycles. The zero-order chi connectivity index (χ0) is 9.84. The molecule has 0 saturated heterocycles. The van der Waals surface area contributed by atoms with E-state index in [4.69, 9.17) is 4.74 Å². The summed E-state index contributed by atoms with van der Waals surface area (Å²) in [5.41, 5.74) is 0. The Morgan fingerprint density at radius 3 is 2.92 bits per heavy atom. The van der Waals surface area contributed by atoms with Crippen LogP contribution in [-0.2, 0) is 9.53 Å². The second kappa shape index (κ2) is 4.42. The lowest BCUT2D eigenvalue weighted by molar-refractivity contribution is -0.152. The van der Waals surface area contributed by atoms with E-state index >= 15 is 0 Å². The minimum atomic E-state index is -0.500. The summed E-state index contributed by atoms with van der Waals surface area (Å²) in [5.74, 6) is 0.0733. The number of rotatable bonds is 2. The summed E-state index contributed by atoms with van der Waals surface area (Å²) in [6, 6.07) is 0. The molecule has 1 saturated carbocycles. The van der Waals surface area contributed by atoms with Crippen LogP contribution in [0.1, 0.15) is 26.2 Å². The number of aliphatic hydroxyl groups excluding tert-OH is 1. The molecule has 0 radical (unpaired) electrons. The highest BCUT2D eigenvalue weighted by molar-refractivity contribution is 5.81. The molecule has 0 aliphatic heterocycles. The monoisotopic (exact) mass is 184 g/mol. The molecule has 2 unspecified atom stereocenters. The summed E-state index contributed by atoms with van der Waals surface area (Å²) in [6.07, 6.45) is 2.76. The van der Waals surface area contributed by atoms with Crippen molar-refractivity contribution in [3.8, 4) is 0 Å². The predicted molar refractivity (Wildman–Crippen MR) is 49.1 cm³/mol. The van der Waals surface area contributed by atoms with Crippen LogP contribution in [-0.4, -0.2) is 23.3 Å². The van der Waals surface area contributed by atoms with Gasteiger partial charge >= 0.3 is 5.97 Å². The summed E-state index contributed by atoms with van der Waals surface area (Å²) >= 11 is 0. The average Bonchev–Trinajstić information content (AvgIpc) is 2.11. The maximum atomic E-state index is 10.9. The van der Waals surface area contributed by atoms with Crippen LogP contribution in [0.15, 0.2) is 12.7 Å². The molecule has 0 aromatic heterocycles. The number of hydrogen-bond donors (Lipinski definition) is 1. The van der Waals surface area contributed by atoms with E-state index in [9.17, 15) is 9.90 Å². The van der Waals surface area contributed by atoms with Crippen LogP contribution in [0.25, 0.3) is 0 Å². The Bertz CT molecular complexity index is 200. The van der Waals surface area contributed by atoms with E-state index in [2.05, 4.69) is 13.5 Å². The van der Waals surface area contributed by atoms with Gasteiger partial charge in [-0.1, -0.05) is 13.5 Å². The highest BCUT2D eigenvalue weighted by atomic mass is 16.6. The number of ether oxygens (including phenoxy) is 1. The summed E-state index contributed by atoms with van der Waals surface area (Å²) < 4.78 is 5.02. The van der Waals surface area contributed by atoms with Gasteiger partial charge in [-0.2, -0.15) is 0 Å². The van der Waals surface area contributed by atoms with E-state index in [1.54, 1.807) is 0 Å². The van der Waals surface area contributed by atoms with E-state index in [1.165, 1.54) is 0 Å². The van der Waals surface area contributed by atoms with Gasteiger partial charge in [-0.25, -0.2) is 4.79 Å². The second-order valence-corrected chi connectivity index (χ2v) is 3.67. The van der Waals surface area contributed by atoms with Gasteiger partial charge < -0.3 is 9.84 Å². The third kappa shape index (κ3) is 2.84. The third-order valence-corrected chi connectivity index (χ3v) is 2.45. The van der Waals surface area contributed by atoms with E-state index in [1.807, 2.05) is 0 Å². The lowest BCUT2D eigenvalue weighted by Gasteiger charge is -2.30. The molecule has 1 fully saturated rings. The largest absolute Gasteiger partial charge is 0.456 e. The van der Waals surface area contributed by atoms with Crippen LogP contribution in [0, 0.1) is 5.92 Å². The number of hydrogen-bond acceptors (Lipinski definition) is 3. The van der Waals surface area contributed by atoms with Crippen molar-refractivity contribution in [2.75, 3.05) is 0 Å². The molecule has 3 heteroatoms. The van der Waals surface area contributed by atoms with Gasteiger partial charge in [0, 0.05) is 6.08 Å². The SMILES string of the molecule is C=CC(=O)OC1CC(C)CC[C@@H]1O. The van der Waals surface area contributed by atoms with E-state index in [0.29, 0.717) is 5.92 Å². The van der Waals surface area contributed by atoms with Crippen molar-refractivity contribution in [1.82, 2.24) is 0 Å². The first-order valence-electron chi connectivity index (χ1n) is 4.64. The Balaban J connectivity index is 2.46. The topological polar surface area (TPSA) is 46.5 Å². The molecule has 74 valence electrons. The van der Waals surface area contributed by atoms with E-state index < -0.39 is 12.1 Å². The number of aliphatic hydroxyl groups is 1. The number of carbonyl (C=O) groups excluding carboxylic acids is 1. The standard InChI is InChI=1S/C10H16O3/c1-3-10(12)13-9-6-7(2)4-5-8(9)11/h3,7-9,11H,1,4-6H2,2H3/t7?,8-,9?/m0/s1. The fourth-order valence-corrected chi connectivity index (χ4v) is 1.64. The van der Waals surface area contributed by atoms with Crippen LogP contribution >= 0.6 is 0 Å². The first kappa shape index (κ1) is 10.3. The Labute approximate surface area is 78.4 Å². The Morgan fingerprint density at radius 2 is 2.31 bits per heavy atom. The van der Waals surface area contributed by atoms with Crippen molar-refractivity contribution in [2.45, 2.75) is 38.4 Å². The molecule has 0 amide bonds. The molecule has 0 spiro atoms. The molecule has 0 heterocycles. The third-order valence-electron chi connectivity index (χ3n) is 2.45. The summed E-state index contributed by atoms with van der Waals surface area (Å²) in [4.78, 5) is 10.9. The molecular weight excluding hydrogens is 168 g/mol. The fraction of sp³-hybridized carbons (Fsp3) is 0.700. The lowest BCUT2D eigenvalue weighted by atomic mass is 9.86. The molecule has 1 rings (SSSR count). The molecule has 13 heavy (non-hydrogen) atoms. The zero-order valence-corrected chi connectivity index (χ0v) is 7.90. The second-order valence-electron chi connectivity index (χ2n) is 3.67. The Morgan fingerprint density at radius 1 is 1.62 bits per heavy atom. The van der Waals surface area contributed by atoms with Gasteiger partial charge in [0.05, 0.1) is 6.10 Å². The molecule has 0 aromatic carbocycles. The van der Waals surface area contributed by atoms with Crippen molar-refractivity contribution in [1.29, 1.82) is 0 Å². The molecular formula is C10H16O3. The highest BCUT2D eigenvalue weighted by Crippen LogP contribution is 2.26. The lowest BCUT2D eigenvalue weighted by Crippen LogP contribution is -2.36. The minimum Gasteiger partial charge on any atom is -0.456 e. The van der Waals surface area contributed by atoms with Crippen molar-refractivity contribution < 1.29 is 14.6 Å².